The van der Waals surface area contributed by atoms with Crippen LogP contribution in [-0.2, 0) is 4.79 Å². The highest BCUT2D eigenvalue weighted by molar-refractivity contribution is 5.75. The third kappa shape index (κ3) is 5.68. The molecule has 0 saturated heterocycles. The summed E-state index contributed by atoms with van der Waals surface area (Å²) in [4.78, 5) is 13.5. The van der Waals surface area contributed by atoms with Gasteiger partial charge in [-0.2, -0.15) is 0 Å². The molecular weight excluding hydrogens is 228 g/mol. The summed E-state index contributed by atoms with van der Waals surface area (Å²) in [6.07, 6.45) is 1.21. The Bertz CT molecular complexity index is 352. The summed E-state index contributed by atoms with van der Waals surface area (Å²) in [6, 6.07) is 9.63. The van der Waals surface area contributed by atoms with Gasteiger partial charge in [-0.25, -0.2) is 0 Å². The van der Waals surface area contributed by atoms with Crippen LogP contribution in [0.15, 0.2) is 30.3 Å². The molecule has 0 fully saturated rings. The largest absolute Gasteiger partial charge is 0.493 e. The van der Waals surface area contributed by atoms with E-state index in [9.17, 15) is 4.79 Å². The number of nitrogens with two attached hydrogens (primary N) is 1. The lowest BCUT2D eigenvalue weighted by atomic mass is 10.2. The minimum atomic E-state index is 0.0894. The fraction of sp³-hybridized carbons (Fsp3) is 0.500. The number of hydrogen-bond acceptors (Lipinski definition) is 3. The van der Waals surface area contributed by atoms with Gasteiger partial charge in [-0.15, -0.1) is 0 Å². The summed E-state index contributed by atoms with van der Waals surface area (Å²) in [5, 5.41) is 0. The first kappa shape index (κ1) is 14.5. The first-order valence-corrected chi connectivity index (χ1v) is 6.27. The SMILES string of the molecule is CC(N)CCN(C)C(=O)CCOc1ccccc1. The zero-order valence-corrected chi connectivity index (χ0v) is 11.1. The maximum Gasteiger partial charge on any atom is 0.225 e. The van der Waals surface area contributed by atoms with Crippen LogP contribution >= 0.6 is 0 Å². The summed E-state index contributed by atoms with van der Waals surface area (Å²) in [5.74, 6) is 0.884. The van der Waals surface area contributed by atoms with Gasteiger partial charge in [0.2, 0.25) is 5.91 Å². The number of carbonyl (C=O) groups excluding carboxylic acids is 1. The van der Waals surface area contributed by atoms with Crippen LogP contribution in [-0.4, -0.2) is 37.0 Å². The van der Waals surface area contributed by atoms with Crippen LogP contribution in [0.4, 0.5) is 0 Å². The van der Waals surface area contributed by atoms with Crippen molar-refractivity contribution in [3.63, 3.8) is 0 Å². The molecule has 0 aromatic heterocycles. The van der Waals surface area contributed by atoms with Gasteiger partial charge < -0.3 is 15.4 Å². The van der Waals surface area contributed by atoms with Crippen molar-refractivity contribution in [1.29, 1.82) is 0 Å². The van der Waals surface area contributed by atoms with Crippen molar-refractivity contribution in [3.8, 4) is 5.75 Å². The standard InChI is InChI=1S/C14H22N2O2/c1-12(15)8-10-16(2)14(17)9-11-18-13-6-4-3-5-7-13/h3-7,12H,8-11,15H2,1-2H3. The van der Waals surface area contributed by atoms with Gasteiger partial charge in [0.15, 0.2) is 0 Å². The zero-order valence-electron chi connectivity index (χ0n) is 11.1. The van der Waals surface area contributed by atoms with Crippen LogP contribution in [0.25, 0.3) is 0 Å². The van der Waals surface area contributed by atoms with Gasteiger partial charge in [0, 0.05) is 19.6 Å². The van der Waals surface area contributed by atoms with Crippen LogP contribution in [0, 0.1) is 0 Å². The topological polar surface area (TPSA) is 55.6 Å². The average Bonchev–Trinajstić information content (AvgIpc) is 2.37. The normalized spacial score (nSPS) is 11.9. The lowest BCUT2D eigenvalue weighted by molar-refractivity contribution is -0.130. The van der Waals surface area contributed by atoms with Crippen LogP contribution in [0.3, 0.4) is 0 Å². The van der Waals surface area contributed by atoms with Crippen LogP contribution in [0.2, 0.25) is 0 Å². The van der Waals surface area contributed by atoms with Crippen molar-refractivity contribution in [2.24, 2.45) is 5.73 Å². The van der Waals surface area contributed by atoms with E-state index in [4.69, 9.17) is 10.5 Å². The number of nitrogens with zero attached hydrogens (tertiary/aromatic N) is 1. The quantitative estimate of drug-likeness (QED) is 0.800. The molecule has 0 spiro atoms. The van der Waals surface area contributed by atoms with E-state index < -0.39 is 0 Å². The first-order chi connectivity index (χ1) is 8.59. The van der Waals surface area contributed by atoms with Crippen LogP contribution in [0.1, 0.15) is 19.8 Å². The lowest BCUT2D eigenvalue weighted by Crippen LogP contribution is -2.32. The van der Waals surface area contributed by atoms with Crippen LogP contribution < -0.4 is 10.5 Å². The Morgan fingerprint density at radius 3 is 2.67 bits per heavy atom. The molecular formula is C14H22N2O2. The number of amides is 1. The summed E-state index contributed by atoms with van der Waals surface area (Å²) in [5.41, 5.74) is 5.65. The average molecular weight is 250 g/mol. The van der Waals surface area contributed by atoms with E-state index in [2.05, 4.69) is 0 Å². The number of hydrogen-bond donors (Lipinski definition) is 1. The first-order valence-electron chi connectivity index (χ1n) is 6.27. The molecule has 1 aromatic carbocycles. The van der Waals surface area contributed by atoms with E-state index in [1.54, 1.807) is 11.9 Å². The predicted molar refractivity (Wildman–Crippen MR) is 72.5 cm³/mol. The number of para-hydroxylation sites is 1. The molecule has 1 rings (SSSR count). The lowest BCUT2D eigenvalue weighted by Gasteiger charge is -2.18. The molecule has 0 radical (unpaired) electrons. The minimum absolute atomic E-state index is 0.0894. The molecule has 0 aliphatic heterocycles. The van der Waals surface area contributed by atoms with Crippen molar-refractivity contribution in [2.45, 2.75) is 25.8 Å². The second-order valence-corrected chi connectivity index (χ2v) is 4.49. The number of benzene rings is 1. The van der Waals surface area contributed by atoms with Gasteiger partial charge in [0.25, 0.3) is 0 Å². The van der Waals surface area contributed by atoms with Crippen molar-refractivity contribution in [1.82, 2.24) is 4.90 Å². The maximum atomic E-state index is 11.8. The van der Waals surface area contributed by atoms with E-state index in [0.717, 1.165) is 12.2 Å². The van der Waals surface area contributed by atoms with Gasteiger partial charge in [-0.1, -0.05) is 18.2 Å². The maximum absolute atomic E-state index is 11.8. The Morgan fingerprint density at radius 2 is 2.06 bits per heavy atom. The molecule has 18 heavy (non-hydrogen) atoms. The van der Waals surface area contributed by atoms with E-state index in [0.29, 0.717) is 19.6 Å². The molecule has 1 aromatic rings. The van der Waals surface area contributed by atoms with Crippen molar-refractivity contribution < 1.29 is 9.53 Å². The van der Waals surface area contributed by atoms with Gasteiger partial charge in [0.05, 0.1) is 13.0 Å². The second-order valence-electron chi connectivity index (χ2n) is 4.49. The van der Waals surface area contributed by atoms with Crippen molar-refractivity contribution in [3.05, 3.63) is 30.3 Å². The number of ether oxygens (including phenoxy) is 1. The van der Waals surface area contributed by atoms with Gasteiger partial charge >= 0.3 is 0 Å². The highest BCUT2D eigenvalue weighted by Crippen LogP contribution is 2.08. The Kier molecular flexibility index (Phi) is 6.22. The fourth-order valence-electron chi connectivity index (χ4n) is 1.49. The molecule has 1 amide bonds. The molecule has 4 nitrogen and oxygen atoms in total. The monoisotopic (exact) mass is 250 g/mol. The number of carbonyl (C=O) groups is 1. The van der Waals surface area contributed by atoms with E-state index in [1.807, 2.05) is 37.3 Å². The Morgan fingerprint density at radius 1 is 1.39 bits per heavy atom. The molecule has 100 valence electrons. The molecule has 1 unspecified atom stereocenters. The minimum Gasteiger partial charge on any atom is -0.493 e. The van der Waals surface area contributed by atoms with E-state index in [1.165, 1.54) is 0 Å². The molecule has 0 bridgehead atoms. The third-order valence-electron chi connectivity index (χ3n) is 2.67. The smallest absolute Gasteiger partial charge is 0.225 e. The summed E-state index contributed by atoms with van der Waals surface area (Å²) < 4.78 is 5.48. The molecule has 4 heteroatoms. The number of rotatable bonds is 7. The Balaban J connectivity index is 2.20. The second kappa shape index (κ2) is 7.71. The van der Waals surface area contributed by atoms with Gasteiger partial charge in [-0.3, -0.25) is 4.79 Å². The molecule has 0 saturated carbocycles. The molecule has 0 aliphatic rings. The third-order valence-corrected chi connectivity index (χ3v) is 2.67. The van der Waals surface area contributed by atoms with Crippen molar-refractivity contribution in [2.75, 3.05) is 20.2 Å². The summed E-state index contributed by atoms with van der Waals surface area (Å²) in [7, 11) is 1.80. The summed E-state index contributed by atoms with van der Waals surface area (Å²) in [6.45, 7) is 3.05. The zero-order chi connectivity index (χ0) is 13.4. The highest BCUT2D eigenvalue weighted by atomic mass is 16.5. The van der Waals surface area contributed by atoms with Crippen LogP contribution in [0.5, 0.6) is 5.75 Å². The molecule has 1 atom stereocenters. The van der Waals surface area contributed by atoms with E-state index in [-0.39, 0.29) is 11.9 Å². The molecule has 0 heterocycles. The Labute approximate surface area is 109 Å². The highest BCUT2D eigenvalue weighted by Gasteiger charge is 2.09. The molecule has 2 N–H and O–H groups in total. The van der Waals surface area contributed by atoms with Crippen molar-refractivity contribution >= 4 is 5.91 Å². The predicted octanol–water partition coefficient (Wildman–Crippen LogP) is 1.65. The van der Waals surface area contributed by atoms with Gasteiger partial charge in [0.1, 0.15) is 5.75 Å². The fourth-order valence-corrected chi connectivity index (χ4v) is 1.49. The summed E-state index contributed by atoms with van der Waals surface area (Å²) >= 11 is 0. The van der Waals surface area contributed by atoms with E-state index >= 15 is 0 Å². The molecule has 0 aliphatic carbocycles. The Hall–Kier alpha value is -1.55. The van der Waals surface area contributed by atoms with Gasteiger partial charge in [-0.05, 0) is 25.5 Å².